The number of nitrogens with one attached hydrogen (secondary N) is 1. The summed E-state index contributed by atoms with van der Waals surface area (Å²) in [5.74, 6) is -1.47. The van der Waals surface area contributed by atoms with Gasteiger partial charge >= 0.3 is 5.97 Å². The molecule has 0 fully saturated rings. The topological polar surface area (TPSA) is 135 Å². The van der Waals surface area contributed by atoms with Crippen LogP contribution in [0.2, 0.25) is 0 Å². The number of nitrogens with zero attached hydrogens (tertiary/aromatic N) is 3. The molecule has 4 heterocycles. The second kappa shape index (κ2) is 6.45. The Morgan fingerprint density at radius 3 is 2.70 bits per heavy atom. The number of fused-ring (bicyclic) bond motifs is 1. The lowest BCUT2D eigenvalue weighted by atomic mass is 10.1. The van der Waals surface area contributed by atoms with E-state index in [0.29, 0.717) is 17.1 Å². The predicted octanol–water partition coefficient (Wildman–Crippen LogP) is 1.93. The molecule has 136 valence electrons. The number of carboxylic acids is 1. The average molecular weight is 365 g/mol. The molecule has 0 spiro atoms. The number of carbonyl (C=O) groups excluding carboxylic acids is 1. The number of aromatic carboxylic acids is 1. The minimum Gasteiger partial charge on any atom is -0.478 e. The van der Waals surface area contributed by atoms with E-state index in [1.54, 1.807) is 35.4 Å². The van der Waals surface area contributed by atoms with E-state index in [-0.39, 0.29) is 11.3 Å². The van der Waals surface area contributed by atoms with Crippen molar-refractivity contribution in [3.63, 3.8) is 0 Å². The predicted molar refractivity (Wildman–Crippen MR) is 94.9 cm³/mol. The average Bonchev–Trinajstić information content (AvgIpc) is 3.30. The van der Waals surface area contributed by atoms with Crippen LogP contribution in [0.15, 0.2) is 59.7 Å². The first kappa shape index (κ1) is 16.6. The summed E-state index contributed by atoms with van der Waals surface area (Å²) >= 11 is 0. The number of primary amides is 1. The van der Waals surface area contributed by atoms with Crippen molar-refractivity contribution in [1.82, 2.24) is 9.97 Å². The summed E-state index contributed by atoms with van der Waals surface area (Å²) in [5, 5.41) is 12.8. The number of aromatic nitrogens is 2. The van der Waals surface area contributed by atoms with E-state index in [1.165, 1.54) is 24.8 Å². The van der Waals surface area contributed by atoms with Crippen LogP contribution < -0.4 is 16.0 Å². The zero-order valence-electron chi connectivity index (χ0n) is 13.9. The molecule has 1 aliphatic rings. The van der Waals surface area contributed by atoms with Crippen LogP contribution in [-0.2, 0) is 4.79 Å². The summed E-state index contributed by atoms with van der Waals surface area (Å²) in [6, 6.07) is 7.20. The first-order valence-corrected chi connectivity index (χ1v) is 8.07. The number of amides is 1. The zero-order chi connectivity index (χ0) is 19.0. The molecule has 0 aromatic carbocycles. The quantitative estimate of drug-likeness (QED) is 0.624. The van der Waals surface area contributed by atoms with Gasteiger partial charge in [0.2, 0.25) is 5.91 Å². The normalized spacial score (nSPS) is 16.4. The Morgan fingerprint density at radius 2 is 2.07 bits per heavy atom. The van der Waals surface area contributed by atoms with Crippen molar-refractivity contribution < 1.29 is 19.1 Å². The number of hydrogen-bond acceptors (Lipinski definition) is 7. The fourth-order valence-corrected chi connectivity index (χ4v) is 3.24. The lowest BCUT2D eigenvalue weighted by molar-refractivity contribution is -0.119. The smallest absolute Gasteiger partial charge is 0.338 e. The van der Waals surface area contributed by atoms with Crippen LogP contribution in [-0.4, -0.2) is 27.0 Å². The highest BCUT2D eigenvalue weighted by Crippen LogP contribution is 2.46. The molecule has 2 atom stereocenters. The molecule has 3 aromatic heterocycles. The van der Waals surface area contributed by atoms with Gasteiger partial charge < -0.3 is 25.5 Å². The van der Waals surface area contributed by atoms with Crippen molar-refractivity contribution >= 4 is 23.4 Å². The first-order valence-electron chi connectivity index (χ1n) is 8.07. The van der Waals surface area contributed by atoms with E-state index in [1.807, 2.05) is 0 Å². The summed E-state index contributed by atoms with van der Waals surface area (Å²) < 4.78 is 5.16. The van der Waals surface area contributed by atoms with E-state index in [9.17, 15) is 14.7 Å². The highest BCUT2D eigenvalue weighted by Gasteiger charge is 2.42. The number of anilines is 2. The van der Waals surface area contributed by atoms with Gasteiger partial charge in [-0.3, -0.25) is 9.78 Å². The summed E-state index contributed by atoms with van der Waals surface area (Å²) in [7, 11) is 0. The molecule has 0 bridgehead atoms. The van der Waals surface area contributed by atoms with Crippen molar-refractivity contribution in [2.24, 2.45) is 5.73 Å². The third-order valence-electron chi connectivity index (χ3n) is 4.34. The molecule has 0 saturated heterocycles. The molecular weight excluding hydrogens is 350 g/mol. The molecule has 4 rings (SSSR count). The Kier molecular flexibility index (Phi) is 3.96. The molecular formula is C18H15N5O4. The first-order chi connectivity index (χ1) is 13.1. The minimum absolute atomic E-state index is 0.000626. The van der Waals surface area contributed by atoms with Crippen LogP contribution >= 0.6 is 0 Å². The third kappa shape index (κ3) is 2.74. The van der Waals surface area contributed by atoms with Gasteiger partial charge in [0.1, 0.15) is 6.17 Å². The molecule has 9 nitrogen and oxygen atoms in total. The lowest BCUT2D eigenvalue weighted by Crippen LogP contribution is -2.40. The van der Waals surface area contributed by atoms with Crippen molar-refractivity contribution in [3.05, 3.63) is 72.1 Å². The molecule has 27 heavy (non-hydrogen) atoms. The van der Waals surface area contributed by atoms with E-state index in [2.05, 4.69) is 15.3 Å². The van der Waals surface area contributed by atoms with Gasteiger partial charge in [-0.2, -0.15) is 0 Å². The van der Waals surface area contributed by atoms with Crippen LogP contribution in [0.4, 0.5) is 11.5 Å². The maximum atomic E-state index is 12.4. The molecule has 1 aliphatic heterocycles. The Balaban J connectivity index is 1.94. The van der Waals surface area contributed by atoms with Crippen LogP contribution in [0, 0.1) is 0 Å². The molecule has 1 amide bonds. The number of carboxylic acid groups (broad SMARTS) is 1. The van der Waals surface area contributed by atoms with Gasteiger partial charge in [-0.25, -0.2) is 9.78 Å². The number of nitrogens with two attached hydrogens (primary N) is 1. The fourth-order valence-electron chi connectivity index (χ4n) is 3.24. The van der Waals surface area contributed by atoms with Crippen molar-refractivity contribution in [3.8, 4) is 0 Å². The lowest BCUT2D eigenvalue weighted by Gasteiger charge is -2.32. The minimum atomic E-state index is -1.14. The highest BCUT2D eigenvalue weighted by atomic mass is 16.4. The van der Waals surface area contributed by atoms with E-state index < -0.39 is 24.1 Å². The molecule has 0 radical (unpaired) electrons. The molecule has 2 unspecified atom stereocenters. The number of carbonyl (C=O) groups is 2. The Labute approximate surface area is 153 Å². The zero-order valence-corrected chi connectivity index (χ0v) is 13.9. The van der Waals surface area contributed by atoms with Gasteiger partial charge in [0.15, 0.2) is 11.9 Å². The molecule has 9 heteroatoms. The van der Waals surface area contributed by atoms with Gasteiger partial charge in [0.25, 0.3) is 0 Å². The van der Waals surface area contributed by atoms with Gasteiger partial charge in [-0.1, -0.05) is 6.07 Å². The summed E-state index contributed by atoms with van der Waals surface area (Å²) in [5.41, 5.74) is 7.06. The molecule has 0 aliphatic carbocycles. The monoisotopic (exact) mass is 365 g/mol. The van der Waals surface area contributed by atoms with Crippen LogP contribution in [0.5, 0.6) is 0 Å². The van der Waals surface area contributed by atoms with E-state index in [4.69, 9.17) is 10.2 Å². The number of pyridine rings is 2. The number of rotatable bonds is 5. The molecule has 3 aromatic rings. The molecule has 4 N–H and O–H groups in total. The van der Waals surface area contributed by atoms with Gasteiger partial charge in [0, 0.05) is 18.0 Å². The van der Waals surface area contributed by atoms with Crippen LogP contribution in [0.1, 0.15) is 33.8 Å². The van der Waals surface area contributed by atoms with Crippen molar-refractivity contribution in [2.75, 3.05) is 10.2 Å². The van der Waals surface area contributed by atoms with Crippen molar-refractivity contribution in [2.45, 2.75) is 12.2 Å². The van der Waals surface area contributed by atoms with E-state index in [0.717, 1.165) is 0 Å². The standard InChI is InChI=1S/C18H15N5O4/c19-15(24)14(12-3-1-2-6-20-12)23-13-11(18(25)26)4-7-21-16(13)22-17(23)10-5-8-27-9-10/h1-9,14,17H,(H2,19,24)(H,21,22)(H,25,26). The van der Waals surface area contributed by atoms with Crippen LogP contribution in [0.3, 0.4) is 0 Å². The van der Waals surface area contributed by atoms with Gasteiger partial charge in [-0.05, 0) is 24.3 Å². The fraction of sp³-hybridized carbons (Fsp3) is 0.111. The number of furan rings is 1. The second-order valence-corrected chi connectivity index (χ2v) is 5.93. The maximum absolute atomic E-state index is 12.4. The summed E-state index contributed by atoms with van der Waals surface area (Å²) in [6.07, 6.45) is 5.33. The molecule has 0 saturated carbocycles. The third-order valence-corrected chi connectivity index (χ3v) is 4.34. The van der Waals surface area contributed by atoms with Gasteiger partial charge in [-0.15, -0.1) is 0 Å². The Hall–Kier alpha value is -3.88. The second-order valence-electron chi connectivity index (χ2n) is 5.93. The Bertz CT molecular complexity index is 990. The van der Waals surface area contributed by atoms with Gasteiger partial charge in [0.05, 0.1) is 29.5 Å². The summed E-state index contributed by atoms with van der Waals surface area (Å²) in [4.78, 5) is 34.3. The largest absolute Gasteiger partial charge is 0.478 e. The Morgan fingerprint density at radius 1 is 1.22 bits per heavy atom. The highest BCUT2D eigenvalue weighted by molar-refractivity contribution is 6.00. The van der Waals surface area contributed by atoms with Crippen LogP contribution in [0.25, 0.3) is 0 Å². The van der Waals surface area contributed by atoms with E-state index >= 15 is 0 Å². The van der Waals surface area contributed by atoms with Crippen molar-refractivity contribution in [1.29, 1.82) is 0 Å². The SMILES string of the molecule is NC(=O)C(c1ccccn1)N1c2c(C(=O)O)ccnc2NC1c1ccoc1. The maximum Gasteiger partial charge on any atom is 0.338 e. The number of hydrogen-bond donors (Lipinski definition) is 3. The summed E-state index contributed by atoms with van der Waals surface area (Å²) in [6.45, 7) is 0.